The summed E-state index contributed by atoms with van der Waals surface area (Å²) < 4.78 is 66.9. The van der Waals surface area contributed by atoms with Crippen LogP contribution in [-0.4, -0.2) is 23.2 Å². The molecule has 142 valence electrons. The second kappa shape index (κ2) is 7.12. The van der Waals surface area contributed by atoms with E-state index >= 15 is 0 Å². The van der Waals surface area contributed by atoms with Crippen molar-refractivity contribution in [2.45, 2.75) is 17.6 Å². The monoisotopic (exact) mass is 396 g/mol. The number of halogens is 3. The lowest BCUT2D eigenvalue weighted by Crippen LogP contribution is -2.24. The van der Waals surface area contributed by atoms with E-state index in [1.165, 1.54) is 0 Å². The zero-order valence-electron chi connectivity index (χ0n) is 14.1. The maximum Gasteiger partial charge on any atom is 0.416 e. The van der Waals surface area contributed by atoms with Crippen LogP contribution in [0.25, 0.3) is 11.3 Å². The number of benzene rings is 1. The van der Waals surface area contributed by atoms with Crippen LogP contribution >= 0.6 is 0 Å². The fourth-order valence-corrected chi connectivity index (χ4v) is 3.54. The molecule has 1 aromatic carbocycles. The second-order valence-electron chi connectivity index (χ2n) is 5.73. The van der Waals surface area contributed by atoms with Gasteiger partial charge in [0.2, 0.25) is 10.0 Å². The van der Waals surface area contributed by atoms with Crippen LogP contribution in [0.2, 0.25) is 0 Å². The summed E-state index contributed by atoms with van der Waals surface area (Å²) in [7, 11) is -2.41. The van der Waals surface area contributed by atoms with Crippen molar-refractivity contribution in [2.24, 2.45) is 7.05 Å². The third-order valence-corrected chi connectivity index (χ3v) is 5.22. The van der Waals surface area contributed by atoms with Crippen LogP contribution in [0.4, 0.5) is 13.2 Å². The van der Waals surface area contributed by atoms with Gasteiger partial charge in [-0.05, 0) is 36.4 Å². The molecule has 0 unspecified atom stereocenters. The topological polar surface area (TPSA) is 76.9 Å². The van der Waals surface area contributed by atoms with Gasteiger partial charge in [0.1, 0.15) is 0 Å². The zero-order chi connectivity index (χ0) is 19.7. The van der Waals surface area contributed by atoms with Crippen LogP contribution in [0.5, 0.6) is 0 Å². The number of alkyl halides is 3. The first-order chi connectivity index (χ1) is 12.7. The van der Waals surface area contributed by atoms with Gasteiger partial charge in [0.15, 0.2) is 0 Å². The Kier molecular flexibility index (Phi) is 5.03. The molecule has 3 rings (SSSR count). The molecule has 0 saturated heterocycles. The minimum Gasteiger partial charge on any atom is -0.268 e. The molecule has 2 aromatic heterocycles. The number of hydrogen-bond acceptors (Lipinski definition) is 4. The normalized spacial score (nSPS) is 12.3. The Morgan fingerprint density at radius 3 is 2.48 bits per heavy atom. The van der Waals surface area contributed by atoms with E-state index in [2.05, 4.69) is 14.8 Å². The van der Waals surface area contributed by atoms with Crippen molar-refractivity contribution in [2.75, 3.05) is 0 Å². The Morgan fingerprint density at radius 1 is 1.11 bits per heavy atom. The first-order valence-corrected chi connectivity index (χ1v) is 9.25. The molecule has 10 heteroatoms. The summed E-state index contributed by atoms with van der Waals surface area (Å²) in [5.74, 6) is 0. The quantitative estimate of drug-likeness (QED) is 0.719. The van der Waals surface area contributed by atoms with Crippen molar-refractivity contribution in [1.29, 1.82) is 0 Å². The summed E-state index contributed by atoms with van der Waals surface area (Å²) in [6.07, 6.45) is -1.37. The van der Waals surface area contributed by atoms with Crippen molar-refractivity contribution >= 4 is 10.0 Å². The summed E-state index contributed by atoms with van der Waals surface area (Å²) in [4.78, 5) is 3.48. The summed E-state index contributed by atoms with van der Waals surface area (Å²) in [5.41, 5.74) is 1.01. The Hall–Kier alpha value is -2.72. The molecule has 0 aliphatic rings. The molecule has 0 aliphatic carbocycles. The number of nitrogens with one attached hydrogen (secondary N) is 1. The van der Waals surface area contributed by atoms with Gasteiger partial charge in [0, 0.05) is 25.0 Å². The molecule has 0 amide bonds. The van der Waals surface area contributed by atoms with Gasteiger partial charge < -0.3 is 0 Å². The maximum absolute atomic E-state index is 12.8. The van der Waals surface area contributed by atoms with Gasteiger partial charge in [-0.25, -0.2) is 13.1 Å². The van der Waals surface area contributed by atoms with Crippen molar-refractivity contribution in [1.82, 2.24) is 19.5 Å². The van der Waals surface area contributed by atoms with Crippen LogP contribution < -0.4 is 4.72 Å². The van der Waals surface area contributed by atoms with Crippen molar-refractivity contribution in [3.63, 3.8) is 0 Å². The fraction of sp³-hybridized carbons (Fsp3) is 0.176. The summed E-state index contributed by atoms with van der Waals surface area (Å²) in [6.45, 7) is -0.155. The number of sulfonamides is 1. The van der Waals surface area contributed by atoms with Gasteiger partial charge in [-0.2, -0.15) is 18.3 Å². The van der Waals surface area contributed by atoms with E-state index in [9.17, 15) is 21.6 Å². The Balaban J connectivity index is 1.79. The van der Waals surface area contributed by atoms with Crippen LogP contribution in [0.3, 0.4) is 0 Å². The molecule has 1 N–H and O–H groups in total. The minimum absolute atomic E-state index is 0.155. The predicted octanol–water partition coefficient (Wildman–Crippen LogP) is 2.98. The lowest BCUT2D eigenvalue weighted by atomic mass is 10.2. The van der Waals surface area contributed by atoms with Crippen LogP contribution in [0.1, 0.15) is 11.3 Å². The summed E-state index contributed by atoms with van der Waals surface area (Å²) >= 11 is 0. The lowest BCUT2D eigenvalue weighted by molar-refractivity contribution is -0.137. The molecule has 0 aliphatic heterocycles. The number of rotatable bonds is 5. The third kappa shape index (κ3) is 4.34. The van der Waals surface area contributed by atoms with Gasteiger partial charge in [0.25, 0.3) is 0 Å². The Morgan fingerprint density at radius 2 is 1.81 bits per heavy atom. The molecule has 0 bridgehead atoms. The largest absolute Gasteiger partial charge is 0.416 e. The van der Waals surface area contributed by atoms with Gasteiger partial charge in [-0.1, -0.05) is 6.07 Å². The number of pyridine rings is 1. The first-order valence-electron chi connectivity index (χ1n) is 7.77. The van der Waals surface area contributed by atoms with Crippen molar-refractivity contribution < 1.29 is 21.6 Å². The SMILES string of the molecule is Cn1nc(CNS(=O)(=O)c2cccc(C(F)(F)F)c2)cc1-c1ccncc1. The van der Waals surface area contributed by atoms with Crippen molar-refractivity contribution in [3.05, 3.63) is 66.1 Å². The van der Waals surface area contributed by atoms with Gasteiger partial charge in [-0.15, -0.1) is 0 Å². The molecule has 6 nitrogen and oxygen atoms in total. The minimum atomic E-state index is -4.62. The van der Waals surface area contributed by atoms with Gasteiger partial charge in [0.05, 0.1) is 28.4 Å². The molecule has 0 fully saturated rings. The van der Waals surface area contributed by atoms with E-state index in [1.54, 1.807) is 42.3 Å². The van der Waals surface area contributed by atoms with E-state index in [0.29, 0.717) is 11.8 Å². The molecule has 27 heavy (non-hydrogen) atoms. The molecular formula is C17H15F3N4O2S. The average Bonchev–Trinajstić information content (AvgIpc) is 3.01. The van der Waals surface area contributed by atoms with E-state index in [0.717, 1.165) is 29.5 Å². The first kappa shape index (κ1) is 19.1. The zero-order valence-corrected chi connectivity index (χ0v) is 14.9. The highest BCUT2D eigenvalue weighted by Gasteiger charge is 2.31. The van der Waals surface area contributed by atoms with Crippen LogP contribution in [0, 0.1) is 0 Å². The number of hydrogen-bond donors (Lipinski definition) is 1. The third-order valence-electron chi connectivity index (χ3n) is 3.82. The maximum atomic E-state index is 12.8. The average molecular weight is 396 g/mol. The highest BCUT2D eigenvalue weighted by atomic mass is 32.2. The van der Waals surface area contributed by atoms with Gasteiger partial charge >= 0.3 is 6.18 Å². The number of aryl methyl sites for hydroxylation is 1. The molecule has 0 radical (unpaired) electrons. The molecular weight excluding hydrogens is 381 g/mol. The molecule has 0 saturated carbocycles. The molecule has 2 heterocycles. The lowest BCUT2D eigenvalue weighted by Gasteiger charge is -2.09. The van der Waals surface area contributed by atoms with E-state index < -0.39 is 26.7 Å². The Labute approximate surface area is 153 Å². The standard InChI is InChI=1S/C17H15F3N4O2S/c1-24-16(12-5-7-21-8-6-12)10-14(23-24)11-22-27(25,26)15-4-2-3-13(9-15)17(18,19)20/h2-10,22H,11H2,1H3. The predicted molar refractivity (Wildman–Crippen MR) is 91.9 cm³/mol. The fourth-order valence-electron chi connectivity index (χ4n) is 2.50. The molecule has 0 spiro atoms. The van der Waals surface area contributed by atoms with Crippen LogP contribution in [0.15, 0.2) is 59.8 Å². The van der Waals surface area contributed by atoms with E-state index in [-0.39, 0.29) is 6.54 Å². The highest BCUT2D eigenvalue weighted by molar-refractivity contribution is 7.89. The number of nitrogens with zero attached hydrogens (tertiary/aromatic N) is 3. The van der Waals surface area contributed by atoms with E-state index in [1.807, 2.05) is 0 Å². The van der Waals surface area contributed by atoms with E-state index in [4.69, 9.17) is 0 Å². The highest BCUT2D eigenvalue weighted by Crippen LogP contribution is 2.30. The molecule has 0 atom stereocenters. The smallest absolute Gasteiger partial charge is 0.268 e. The summed E-state index contributed by atoms with van der Waals surface area (Å²) in [6, 6.07) is 8.85. The number of aromatic nitrogens is 3. The molecule has 3 aromatic rings. The van der Waals surface area contributed by atoms with Crippen LogP contribution in [-0.2, 0) is 29.8 Å². The van der Waals surface area contributed by atoms with Crippen molar-refractivity contribution in [3.8, 4) is 11.3 Å². The van der Waals surface area contributed by atoms with Gasteiger partial charge in [-0.3, -0.25) is 9.67 Å². The summed E-state index contributed by atoms with van der Waals surface area (Å²) in [5, 5.41) is 4.23. The Bertz CT molecular complexity index is 1050. The second-order valence-corrected chi connectivity index (χ2v) is 7.50.